The highest BCUT2D eigenvalue weighted by molar-refractivity contribution is 6.04. The number of carbonyl (C=O) groups excluding carboxylic acids is 2. The Morgan fingerprint density at radius 1 is 0.837 bits per heavy atom. The van der Waals surface area contributed by atoms with Gasteiger partial charge in [-0.25, -0.2) is 4.68 Å². The number of aryl methyl sites for hydroxylation is 2. The molecule has 43 heavy (non-hydrogen) atoms. The van der Waals surface area contributed by atoms with Crippen LogP contribution in [0, 0.1) is 6.92 Å². The zero-order chi connectivity index (χ0) is 30.6. The van der Waals surface area contributed by atoms with Gasteiger partial charge in [0.1, 0.15) is 0 Å². The van der Waals surface area contributed by atoms with E-state index in [0.29, 0.717) is 23.2 Å². The summed E-state index contributed by atoms with van der Waals surface area (Å²) in [6.45, 7) is 1.82. The van der Waals surface area contributed by atoms with E-state index in [1.165, 1.54) is 12.1 Å². The number of carbonyl (C=O) groups is 2. The number of aromatic nitrogens is 3. The zero-order valence-corrected chi connectivity index (χ0v) is 23.4. The van der Waals surface area contributed by atoms with Gasteiger partial charge in [0.2, 0.25) is 5.91 Å². The molecule has 5 rings (SSSR count). The molecule has 0 aliphatic carbocycles. The molecule has 0 aliphatic rings. The first-order chi connectivity index (χ1) is 20.6. The average Bonchev–Trinajstić information content (AvgIpc) is 3.44. The Morgan fingerprint density at radius 2 is 1.47 bits per heavy atom. The molecule has 218 valence electrons. The van der Waals surface area contributed by atoms with Crippen LogP contribution in [-0.4, -0.2) is 33.6 Å². The number of alkyl halides is 3. The van der Waals surface area contributed by atoms with Crippen LogP contribution < -0.4 is 10.6 Å². The predicted molar refractivity (Wildman–Crippen MR) is 159 cm³/mol. The van der Waals surface area contributed by atoms with E-state index in [0.717, 1.165) is 46.0 Å². The molecular formula is C33H28F3N5O2. The summed E-state index contributed by atoms with van der Waals surface area (Å²) in [5, 5.41) is 10.3. The lowest BCUT2D eigenvalue weighted by atomic mass is 10.0. The molecule has 7 nitrogen and oxygen atoms in total. The summed E-state index contributed by atoms with van der Waals surface area (Å²) in [6.07, 6.45) is -2.09. The van der Waals surface area contributed by atoms with Crippen molar-refractivity contribution in [3.63, 3.8) is 0 Å². The van der Waals surface area contributed by atoms with Crippen LogP contribution in [0.3, 0.4) is 0 Å². The molecular weight excluding hydrogens is 555 g/mol. The second-order valence-electron chi connectivity index (χ2n) is 9.95. The fraction of sp³-hybridized carbons (Fsp3) is 0.152. The smallest absolute Gasteiger partial charge is 0.359 e. The van der Waals surface area contributed by atoms with Gasteiger partial charge in [-0.15, -0.1) is 0 Å². The summed E-state index contributed by atoms with van der Waals surface area (Å²) in [5.74, 6) is -0.343. The van der Waals surface area contributed by atoms with Gasteiger partial charge >= 0.3 is 6.18 Å². The number of hydrogen-bond donors (Lipinski definition) is 2. The molecule has 5 aromatic rings. The number of benzene rings is 3. The highest BCUT2D eigenvalue weighted by atomic mass is 19.4. The number of pyridine rings is 1. The van der Waals surface area contributed by atoms with Gasteiger partial charge in [0, 0.05) is 48.6 Å². The minimum atomic E-state index is -4.39. The van der Waals surface area contributed by atoms with E-state index in [2.05, 4.69) is 15.6 Å². The third kappa shape index (κ3) is 6.98. The second-order valence-corrected chi connectivity index (χ2v) is 9.95. The largest absolute Gasteiger partial charge is 0.416 e. The highest BCUT2D eigenvalue weighted by Crippen LogP contribution is 2.32. The molecule has 2 amide bonds. The van der Waals surface area contributed by atoms with Crippen LogP contribution in [0.5, 0.6) is 0 Å². The molecule has 0 atom stereocenters. The maximum absolute atomic E-state index is 13.0. The van der Waals surface area contributed by atoms with Crippen molar-refractivity contribution in [3.8, 4) is 28.1 Å². The van der Waals surface area contributed by atoms with Gasteiger partial charge in [0.15, 0.2) is 0 Å². The van der Waals surface area contributed by atoms with E-state index < -0.39 is 11.7 Å². The number of hydrogen-bond acceptors (Lipinski definition) is 4. The van der Waals surface area contributed by atoms with Crippen LogP contribution in [0.1, 0.15) is 33.7 Å². The van der Waals surface area contributed by atoms with Crippen molar-refractivity contribution in [2.75, 3.05) is 12.4 Å². The van der Waals surface area contributed by atoms with Crippen LogP contribution in [-0.2, 0) is 17.4 Å². The van der Waals surface area contributed by atoms with Crippen LogP contribution in [0.25, 0.3) is 28.1 Å². The van der Waals surface area contributed by atoms with Gasteiger partial charge in [0.25, 0.3) is 5.91 Å². The molecule has 0 saturated heterocycles. The van der Waals surface area contributed by atoms with E-state index in [4.69, 9.17) is 5.10 Å². The summed E-state index contributed by atoms with van der Waals surface area (Å²) in [4.78, 5) is 28.7. The summed E-state index contributed by atoms with van der Waals surface area (Å²) in [7, 11) is 1.58. The number of anilines is 1. The van der Waals surface area contributed by atoms with Crippen LogP contribution in [0.2, 0.25) is 0 Å². The first-order valence-corrected chi connectivity index (χ1v) is 13.5. The summed E-state index contributed by atoms with van der Waals surface area (Å²) in [5.41, 5.74) is 5.67. The van der Waals surface area contributed by atoms with Gasteiger partial charge < -0.3 is 10.6 Å². The number of rotatable bonds is 8. The minimum Gasteiger partial charge on any atom is -0.359 e. The predicted octanol–water partition coefficient (Wildman–Crippen LogP) is 6.86. The molecule has 3 aromatic carbocycles. The molecule has 0 radical (unpaired) electrons. The zero-order valence-electron chi connectivity index (χ0n) is 23.4. The normalized spacial score (nSPS) is 11.3. The van der Waals surface area contributed by atoms with Crippen molar-refractivity contribution in [2.24, 2.45) is 0 Å². The second kappa shape index (κ2) is 12.3. The SMILES string of the molecule is CNC(=O)CCc1cc(-c2ccc(-c3ccc(C(F)(F)F)cc3)cc2)n(-c2ccc(NC(=O)c3ccnc(C)c3)cc2)n1. The molecule has 2 aromatic heterocycles. The fourth-order valence-corrected chi connectivity index (χ4v) is 4.58. The topological polar surface area (TPSA) is 88.9 Å². The van der Waals surface area contributed by atoms with Crippen molar-refractivity contribution in [2.45, 2.75) is 25.9 Å². The van der Waals surface area contributed by atoms with Gasteiger partial charge in [0.05, 0.1) is 22.6 Å². The van der Waals surface area contributed by atoms with Crippen molar-refractivity contribution in [3.05, 3.63) is 120 Å². The Kier molecular flexibility index (Phi) is 8.38. The Balaban J connectivity index is 1.41. The molecule has 0 unspecified atom stereocenters. The Labute approximate surface area is 246 Å². The van der Waals surface area contributed by atoms with Crippen molar-refractivity contribution >= 4 is 17.5 Å². The monoisotopic (exact) mass is 583 g/mol. The lowest BCUT2D eigenvalue weighted by Crippen LogP contribution is -2.18. The quantitative estimate of drug-likeness (QED) is 0.209. The minimum absolute atomic E-state index is 0.0959. The molecule has 2 heterocycles. The summed E-state index contributed by atoms with van der Waals surface area (Å²) < 4.78 is 40.7. The fourth-order valence-electron chi connectivity index (χ4n) is 4.58. The highest BCUT2D eigenvalue weighted by Gasteiger charge is 2.30. The van der Waals surface area contributed by atoms with Gasteiger partial charge in [-0.05, 0) is 72.6 Å². The molecule has 0 spiro atoms. The van der Waals surface area contributed by atoms with Crippen molar-refractivity contribution < 1.29 is 22.8 Å². The Morgan fingerprint density at radius 3 is 2.07 bits per heavy atom. The molecule has 0 saturated carbocycles. The third-order valence-electron chi connectivity index (χ3n) is 6.90. The number of nitrogens with one attached hydrogen (secondary N) is 2. The van der Waals surface area contributed by atoms with Crippen molar-refractivity contribution in [1.82, 2.24) is 20.1 Å². The first kappa shape index (κ1) is 29.2. The number of nitrogens with zero attached hydrogens (tertiary/aromatic N) is 3. The molecule has 0 bridgehead atoms. The Bertz CT molecular complexity index is 1740. The van der Waals surface area contributed by atoms with E-state index in [-0.39, 0.29) is 18.2 Å². The molecule has 0 fully saturated rings. The maximum Gasteiger partial charge on any atom is 0.416 e. The summed E-state index contributed by atoms with van der Waals surface area (Å²) in [6, 6.07) is 25.0. The van der Waals surface area contributed by atoms with E-state index >= 15 is 0 Å². The standard InChI is InChI=1S/C33H28F3N5O2/c1-21-19-25(17-18-38-21)32(43)39-27-11-14-29(15-12-27)41-30(20-28(40-41)13-16-31(42)37-2)24-5-3-22(4-6-24)23-7-9-26(10-8-23)33(34,35)36/h3-12,14-15,17-20H,13,16H2,1-2H3,(H,37,42)(H,39,43). The Hall–Kier alpha value is -5.25. The first-order valence-electron chi connectivity index (χ1n) is 13.5. The molecule has 0 aliphatic heterocycles. The lowest BCUT2D eigenvalue weighted by molar-refractivity contribution is -0.137. The van der Waals surface area contributed by atoms with Gasteiger partial charge in [-0.2, -0.15) is 18.3 Å². The van der Waals surface area contributed by atoms with Gasteiger partial charge in [-0.1, -0.05) is 36.4 Å². The third-order valence-corrected chi connectivity index (χ3v) is 6.90. The van der Waals surface area contributed by atoms with Crippen LogP contribution in [0.15, 0.2) is 97.2 Å². The van der Waals surface area contributed by atoms with Gasteiger partial charge in [-0.3, -0.25) is 14.6 Å². The molecule has 2 N–H and O–H groups in total. The van der Waals surface area contributed by atoms with E-state index in [9.17, 15) is 22.8 Å². The maximum atomic E-state index is 13.0. The lowest BCUT2D eigenvalue weighted by Gasteiger charge is -2.11. The van der Waals surface area contributed by atoms with Crippen molar-refractivity contribution in [1.29, 1.82) is 0 Å². The molecule has 10 heteroatoms. The van der Waals surface area contributed by atoms with E-state index in [1.54, 1.807) is 42.2 Å². The average molecular weight is 584 g/mol. The number of amides is 2. The van der Waals surface area contributed by atoms with Crippen LogP contribution in [0.4, 0.5) is 18.9 Å². The summed E-state index contributed by atoms with van der Waals surface area (Å²) >= 11 is 0. The number of halogens is 3. The van der Waals surface area contributed by atoms with Crippen LogP contribution >= 0.6 is 0 Å². The van der Waals surface area contributed by atoms with E-state index in [1.807, 2.05) is 49.4 Å².